The maximum Gasteiger partial charge on any atom is 0.322 e. The van der Waals surface area contributed by atoms with E-state index in [1.807, 2.05) is 18.2 Å². The van der Waals surface area contributed by atoms with Gasteiger partial charge in [-0.15, -0.1) is 0 Å². The fourth-order valence-corrected chi connectivity index (χ4v) is 3.22. The Morgan fingerprint density at radius 2 is 2.21 bits per heavy atom. The number of methoxy groups -OCH3 is 1. The Bertz CT molecular complexity index is 668. The van der Waals surface area contributed by atoms with E-state index in [4.69, 9.17) is 9.57 Å². The number of benzene rings is 1. The van der Waals surface area contributed by atoms with Crippen LogP contribution < -0.4 is 10.1 Å². The fraction of sp³-hybridized carbons (Fsp3) is 0.529. The molecule has 0 aromatic heterocycles. The van der Waals surface area contributed by atoms with Crippen molar-refractivity contribution in [3.05, 3.63) is 24.3 Å². The van der Waals surface area contributed by atoms with E-state index in [0.29, 0.717) is 43.4 Å². The van der Waals surface area contributed by atoms with E-state index in [1.165, 1.54) is 17.9 Å². The Morgan fingerprint density at radius 1 is 1.42 bits per heavy atom. The molecule has 0 radical (unpaired) electrons. The van der Waals surface area contributed by atoms with Crippen molar-refractivity contribution in [2.75, 3.05) is 32.1 Å². The van der Waals surface area contributed by atoms with Gasteiger partial charge in [-0.3, -0.25) is 9.63 Å². The lowest BCUT2D eigenvalue weighted by molar-refractivity contribution is -0.229. The maximum atomic E-state index is 12.3. The lowest BCUT2D eigenvalue weighted by Crippen LogP contribution is -2.64. The summed E-state index contributed by atoms with van der Waals surface area (Å²) in [6, 6.07) is 7.02. The van der Waals surface area contributed by atoms with Crippen molar-refractivity contribution in [3.63, 3.8) is 0 Å². The van der Waals surface area contributed by atoms with Crippen LogP contribution in [0.4, 0.5) is 10.5 Å². The first-order valence-corrected chi connectivity index (χ1v) is 8.26. The van der Waals surface area contributed by atoms with Crippen molar-refractivity contribution in [2.24, 2.45) is 5.92 Å². The lowest BCUT2D eigenvalue weighted by Gasteiger charge is -2.45. The molecule has 1 saturated carbocycles. The predicted octanol–water partition coefficient (Wildman–Crippen LogP) is 1.86. The van der Waals surface area contributed by atoms with Crippen molar-refractivity contribution in [3.8, 4) is 5.75 Å². The number of ether oxygens (including phenoxy) is 1. The van der Waals surface area contributed by atoms with Crippen molar-refractivity contribution >= 4 is 17.6 Å². The van der Waals surface area contributed by atoms with Crippen LogP contribution in [-0.4, -0.2) is 54.2 Å². The van der Waals surface area contributed by atoms with Gasteiger partial charge in [0.25, 0.3) is 0 Å². The molecule has 4 rings (SSSR count). The summed E-state index contributed by atoms with van der Waals surface area (Å²) < 4.78 is 5.15. The van der Waals surface area contributed by atoms with E-state index in [1.54, 1.807) is 18.1 Å². The molecule has 1 aromatic carbocycles. The van der Waals surface area contributed by atoms with E-state index < -0.39 is 5.60 Å². The monoisotopic (exact) mass is 331 g/mol. The van der Waals surface area contributed by atoms with Crippen molar-refractivity contribution in [1.29, 1.82) is 0 Å². The number of nitrogens with zero attached hydrogens (tertiary/aromatic N) is 2. The fourth-order valence-electron chi connectivity index (χ4n) is 3.22. The minimum atomic E-state index is -0.516. The molecule has 2 heterocycles. The number of hydrogen-bond acceptors (Lipinski definition) is 4. The second-order valence-corrected chi connectivity index (χ2v) is 6.87. The Kier molecular flexibility index (Phi) is 3.60. The molecule has 1 aromatic rings. The Morgan fingerprint density at radius 3 is 2.92 bits per heavy atom. The highest BCUT2D eigenvalue weighted by Crippen LogP contribution is 2.39. The van der Waals surface area contributed by atoms with E-state index in [2.05, 4.69) is 5.32 Å². The molecule has 3 amide bonds. The summed E-state index contributed by atoms with van der Waals surface area (Å²) in [4.78, 5) is 31.9. The van der Waals surface area contributed by atoms with Crippen LogP contribution in [0.5, 0.6) is 5.75 Å². The standard InChI is InChI=1S/C17H21N3O4/c1-23-14-4-2-3-13(7-14)18-16(22)19-10-17(11-19)8-15(21)20(24-17)9-12-5-6-12/h2-4,7,12H,5-6,8-11H2,1H3,(H,18,22). The van der Waals surface area contributed by atoms with Crippen LogP contribution >= 0.6 is 0 Å². The third-order valence-electron chi connectivity index (χ3n) is 4.74. The predicted molar refractivity (Wildman–Crippen MR) is 86.5 cm³/mol. The van der Waals surface area contributed by atoms with Crippen LogP contribution in [-0.2, 0) is 9.63 Å². The van der Waals surface area contributed by atoms with E-state index in [9.17, 15) is 9.59 Å². The molecular weight excluding hydrogens is 310 g/mol. The largest absolute Gasteiger partial charge is 0.497 e. The molecular formula is C17H21N3O4. The summed E-state index contributed by atoms with van der Waals surface area (Å²) in [5, 5.41) is 4.35. The van der Waals surface area contributed by atoms with Gasteiger partial charge in [0.15, 0.2) is 0 Å². The Labute approximate surface area is 140 Å². The van der Waals surface area contributed by atoms with Gasteiger partial charge in [0.1, 0.15) is 11.4 Å². The Balaban J connectivity index is 1.31. The number of urea groups is 1. The molecule has 3 fully saturated rings. The SMILES string of the molecule is COc1cccc(NC(=O)N2CC3(CC(=O)N(CC4CC4)O3)C2)c1. The van der Waals surface area contributed by atoms with Crippen LogP contribution in [0.3, 0.4) is 0 Å². The molecule has 2 saturated heterocycles. The smallest absolute Gasteiger partial charge is 0.322 e. The van der Waals surface area contributed by atoms with Crippen LogP contribution in [0.1, 0.15) is 19.3 Å². The van der Waals surface area contributed by atoms with Gasteiger partial charge in [-0.25, -0.2) is 9.86 Å². The van der Waals surface area contributed by atoms with Gasteiger partial charge >= 0.3 is 6.03 Å². The quantitative estimate of drug-likeness (QED) is 0.914. The van der Waals surface area contributed by atoms with Gasteiger partial charge < -0.3 is 15.0 Å². The van der Waals surface area contributed by atoms with Gasteiger partial charge in [0.2, 0.25) is 5.91 Å². The number of rotatable bonds is 4. The zero-order valence-corrected chi connectivity index (χ0v) is 13.7. The zero-order valence-electron chi connectivity index (χ0n) is 13.7. The molecule has 1 aliphatic carbocycles. The van der Waals surface area contributed by atoms with Crippen LogP contribution in [0.25, 0.3) is 0 Å². The first kappa shape index (κ1) is 15.3. The summed E-state index contributed by atoms with van der Waals surface area (Å²) in [5.74, 6) is 1.32. The summed E-state index contributed by atoms with van der Waals surface area (Å²) >= 11 is 0. The highest BCUT2D eigenvalue weighted by Gasteiger charge is 2.55. The molecule has 0 atom stereocenters. The van der Waals surface area contributed by atoms with Crippen LogP contribution in [0, 0.1) is 5.92 Å². The first-order chi connectivity index (χ1) is 11.6. The average molecular weight is 331 g/mol. The Hall–Kier alpha value is -2.28. The molecule has 3 aliphatic rings. The number of nitrogens with one attached hydrogen (secondary N) is 1. The summed E-state index contributed by atoms with van der Waals surface area (Å²) in [7, 11) is 1.59. The van der Waals surface area contributed by atoms with Crippen molar-refractivity contribution < 1.29 is 19.2 Å². The molecule has 0 bridgehead atoms. The normalized spacial score (nSPS) is 21.8. The highest BCUT2D eigenvalue weighted by atomic mass is 16.7. The molecule has 7 nitrogen and oxygen atoms in total. The summed E-state index contributed by atoms with van der Waals surface area (Å²) in [6.07, 6.45) is 2.72. The van der Waals surface area contributed by atoms with Gasteiger partial charge in [-0.2, -0.15) is 0 Å². The minimum Gasteiger partial charge on any atom is -0.497 e. The van der Waals surface area contributed by atoms with Crippen molar-refractivity contribution in [2.45, 2.75) is 24.9 Å². The highest BCUT2D eigenvalue weighted by molar-refractivity contribution is 5.90. The molecule has 24 heavy (non-hydrogen) atoms. The van der Waals surface area contributed by atoms with Crippen LogP contribution in [0.2, 0.25) is 0 Å². The van der Waals surface area contributed by atoms with E-state index in [0.717, 1.165) is 0 Å². The summed E-state index contributed by atoms with van der Waals surface area (Å²) in [6.45, 7) is 1.57. The first-order valence-electron chi connectivity index (χ1n) is 8.26. The maximum absolute atomic E-state index is 12.3. The molecule has 7 heteroatoms. The van der Waals surface area contributed by atoms with E-state index >= 15 is 0 Å². The average Bonchev–Trinajstić information content (AvgIpc) is 3.28. The zero-order chi connectivity index (χ0) is 16.7. The number of amides is 3. The van der Waals surface area contributed by atoms with Crippen LogP contribution in [0.15, 0.2) is 24.3 Å². The molecule has 0 unspecified atom stereocenters. The second kappa shape index (κ2) is 5.66. The number of carbonyl (C=O) groups excluding carboxylic acids is 2. The number of anilines is 1. The number of hydroxylamine groups is 2. The van der Waals surface area contributed by atoms with Gasteiger partial charge in [-0.05, 0) is 30.9 Å². The number of hydrogen-bond donors (Lipinski definition) is 1. The van der Waals surface area contributed by atoms with Gasteiger partial charge in [-0.1, -0.05) is 6.07 Å². The van der Waals surface area contributed by atoms with Crippen molar-refractivity contribution in [1.82, 2.24) is 9.96 Å². The molecule has 1 N–H and O–H groups in total. The van der Waals surface area contributed by atoms with Gasteiger partial charge in [0.05, 0.1) is 33.2 Å². The molecule has 1 spiro atoms. The molecule has 128 valence electrons. The summed E-state index contributed by atoms with van der Waals surface area (Å²) in [5.41, 5.74) is 0.164. The minimum absolute atomic E-state index is 0.0368. The number of carbonyl (C=O) groups is 2. The topological polar surface area (TPSA) is 71.1 Å². The lowest BCUT2D eigenvalue weighted by atomic mass is 9.91. The molecule has 2 aliphatic heterocycles. The third-order valence-corrected chi connectivity index (χ3v) is 4.74. The second-order valence-electron chi connectivity index (χ2n) is 6.87. The number of likely N-dealkylation sites (tertiary alicyclic amines) is 1. The third kappa shape index (κ3) is 2.91. The van der Waals surface area contributed by atoms with E-state index in [-0.39, 0.29) is 11.9 Å². The van der Waals surface area contributed by atoms with Gasteiger partial charge in [0, 0.05) is 11.8 Å².